The molecule has 3 rings (SSSR count). The summed E-state index contributed by atoms with van der Waals surface area (Å²) in [7, 11) is 1.65. The lowest BCUT2D eigenvalue weighted by Crippen LogP contribution is -2.37. The molecule has 1 aliphatic rings. The molecule has 0 atom stereocenters. The number of thioether (sulfide) groups is 1. The first kappa shape index (κ1) is 35.4. The number of carbonyl (C=O) groups is 1. The maximum absolute atomic E-state index is 12.7. The number of unbranched alkanes of at least 4 members (excludes halogenated alkanes) is 11. The van der Waals surface area contributed by atoms with E-state index in [9.17, 15) is 4.79 Å². The summed E-state index contributed by atoms with van der Waals surface area (Å²) in [6, 6.07) is 13.8. The maximum Gasteiger partial charge on any atom is 0.321 e. The van der Waals surface area contributed by atoms with Gasteiger partial charge in [0, 0.05) is 25.5 Å². The van der Waals surface area contributed by atoms with E-state index in [0.717, 1.165) is 30.1 Å². The minimum Gasteiger partial charge on any atom is -0.492 e. The highest BCUT2D eigenvalue weighted by Gasteiger charge is 2.16. The van der Waals surface area contributed by atoms with Crippen LogP contribution in [0.25, 0.3) is 0 Å². The molecule has 0 fully saturated rings. The number of hydrogen-bond donors (Lipinski definition) is 1. The number of rotatable bonds is 19. The lowest BCUT2D eigenvalue weighted by Gasteiger charge is -2.23. The van der Waals surface area contributed by atoms with E-state index < -0.39 is 0 Å². The molecule has 1 aliphatic heterocycles. The van der Waals surface area contributed by atoms with Crippen molar-refractivity contribution in [2.24, 2.45) is 0 Å². The Kier molecular flexibility index (Phi) is 18.1. The quantitative estimate of drug-likeness (QED) is 0.152. The average Bonchev–Trinajstić information content (AvgIpc) is 3.48. The molecule has 1 N–H and O–H groups in total. The number of urea groups is 1. The molecular formula is C33H49BrClN3O2S. The monoisotopic (exact) mass is 665 g/mol. The molecule has 8 heteroatoms. The van der Waals surface area contributed by atoms with E-state index in [1.807, 2.05) is 30.3 Å². The van der Waals surface area contributed by atoms with Gasteiger partial charge >= 0.3 is 6.03 Å². The highest BCUT2D eigenvalue weighted by molar-refractivity contribution is 8.93. The zero-order chi connectivity index (χ0) is 28.4. The van der Waals surface area contributed by atoms with Gasteiger partial charge in [0.25, 0.3) is 0 Å². The molecule has 0 unspecified atom stereocenters. The number of nitrogens with zero attached hydrogens (tertiary/aromatic N) is 2. The Bertz CT molecular complexity index is 1040. The van der Waals surface area contributed by atoms with Gasteiger partial charge in [-0.3, -0.25) is 4.90 Å². The zero-order valence-electron chi connectivity index (χ0n) is 24.9. The molecule has 5 nitrogen and oxygen atoms in total. The first-order chi connectivity index (χ1) is 19.6. The number of ether oxygens (including phenoxy) is 1. The fourth-order valence-corrected chi connectivity index (χ4v) is 5.88. The summed E-state index contributed by atoms with van der Waals surface area (Å²) in [6.45, 7) is 4.23. The largest absolute Gasteiger partial charge is 0.492 e. The molecule has 0 saturated carbocycles. The lowest BCUT2D eigenvalue weighted by molar-refractivity contribution is 0.248. The predicted molar refractivity (Wildman–Crippen MR) is 183 cm³/mol. The molecule has 2 aromatic carbocycles. The van der Waals surface area contributed by atoms with E-state index in [-0.39, 0.29) is 23.0 Å². The van der Waals surface area contributed by atoms with Gasteiger partial charge in [0.15, 0.2) is 0 Å². The Hall–Kier alpha value is -1.83. The Morgan fingerprint density at radius 2 is 1.54 bits per heavy atom. The molecule has 41 heavy (non-hydrogen) atoms. The van der Waals surface area contributed by atoms with Crippen molar-refractivity contribution in [2.45, 2.75) is 97.1 Å². The van der Waals surface area contributed by atoms with Crippen LogP contribution in [0.2, 0.25) is 5.02 Å². The van der Waals surface area contributed by atoms with Crippen LogP contribution in [0.3, 0.4) is 0 Å². The van der Waals surface area contributed by atoms with E-state index in [1.54, 1.807) is 23.7 Å². The molecule has 0 aliphatic carbocycles. The molecule has 2 amide bonds. The number of anilines is 1. The normalized spacial score (nSPS) is 12.3. The summed E-state index contributed by atoms with van der Waals surface area (Å²) >= 11 is 8.37. The van der Waals surface area contributed by atoms with Gasteiger partial charge in [0.1, 0.15) is 5.75 Å². The van der Waals surface area contributed by atoms with Gasteiger partial charge in [-0.15, -0.1) is 28.7 Å². The average molecular weight is 667 g/mol. The van der Waals surface area contributed by atoms with E-state index >= 15 is 0 Å². The van der Waals surface area contributed by atoms with Gasteiger partial charge < -0.3 is 15.0 Å². The maximum atomic E-state index is 12.7. The van der Waals surface area contributed by atoms with Gasteiger partial charge in [0.05, 0.1) is 24.1 Å². The van der Waals surface area contributed by atoms with Crippen molar-refractivity contribution in [1.82, 2.24) is 10.2 Å². The minimum atomic E-state index is -0.157. The number of hydrogen-bond acceptors (Lipinski definition) is 4. The standard InChI is InChI=1S/C33H48ClN3O2S.BrH/c1-3-4-5-6-7-8-9-10-11-12-13-14-22-39-32-20-17-29(24-31(32)34)26-37(33(38)35-2)30-18-15-28(16-19-30)25-36-21-23-40-27-36;/h15-21,23-24H,3-14,22,25-27H2,1-2H3,(H,35,38);1H. The molecule has 0 radical (unpaired) electrons. The Labute approximate surface area is 268 Å². The smallest absolute Gasteiger partial charge is 0.321 e. The Morgan fingerprint density at radius 3 is 2.10 bits per heavy atom. The number of carbonyl (C=O) groups excluding carboxylic acids is 1. The van der Waals surface area contributed by atoms with E-state index in [2.05, 4.69) is 40.9 Å². The van der Waals surface area contributed by atoms with Crippen LogP contribution in [-0.2, 0) is 13.1 Å². The zero-order valence-corrected chi connectivity index (χ0v) is 28.2. The van der Waals surface area contributed by atoms with E-state index in [0.29, 0.717) is 23.9 Å². The third-order valence-corrected chi connectivity index (χ3v) is 8.38. The first-order valence-electron chi connectivity index (χ1n) is 15.1. The second-order valence-electron chi connectivity index (χ2n) is 10.6. The van der Waals surface area contributed by atoms with Crippen LogP contribution >= 0.6 is 40.3 Å². The van der Waals surface area contributed by atoms with Gasteiger partial charge in [-0.2, -0.15) is 0 Å². The van der Waals surface area contributed by atoms with Crippen molar-refractivity contribution in [3.05, 3.63) is 70.2 Å². The van der Waals surface area contributed by atoms with Crippen molar-refractivity contribution < 1.29 is 9.53 Å². The number of nitrogens with one attached hydrogen (secondary N) is 1. The van der Waals surface area contributed by atoms with Crippen LogP contribution in [-0.4, -0.2) is 30.5 Å². The third kappa shape index (κ3) is 13.3. The second kappa shape index (κ2) is 21.0. The van der Waals surface area contributed by atoms with Crippen molar-refractivity contribution in [1.29, 1.82) is 0 Å². The SMILES string of the molecule is Br.CCCCCCCCCCCCCCOc1ccc(CN(C(=O)NC)c2ccc(CN3C=CSC3)cc2)cc1Cl. The second-order valence-corrected chi connectivity index (χ2v) is 11.9. The number of amides is 2. The highest BCUT2D eigenvalue weighted by atomic mass is 79.9. The molecule has 2 aromatic rings. The Morgan fingerprint density at radius 1 is 0.927 bits per heavy atom. The minimum absolute atomic E-state index is 0. The lowest BCUT2D eigenvalue weighted by atomic mass is 10.1. The summed E-state index contributed by atoms with van der Waals surface area (Å²) in [4.78, 5) is 16.7. The third-order valence-electron chi connectivity index (χ3n) is 7.29. The highest BCUT2D eigenvalue weighted by Crippen LogP contribution is 2.28. The van der Waals surface area contributed by atoms with Gasteiger partial charge in [-0.05, 0) is 47.2 Å². The van der Waals surface area contributed by atoms with Crippen LogP contribution in [0.1, 0.15) is 95.1 Å². The van der Waals surface area contributed by atoms with E-state index in [4.69, 9.17) is 16.3 Å². The van der Waals surface area contributed by atoms with Gasteiger partial charge in [-0.1, -0.05) is 107 Å². The molecule has 0 spiro atoms. The summed E-state index contributed by atoms with van der Waals surface area (Å²) < 4.78 is 5.97. The fourth-order valence-electron chi connectivity index (χ4n) is 4.91. The topological polar surface area (TPSA) is 44.8 Å². The van der Waals surface area contributed by atoms with Crippen LogP contribution in [0, 0.1) is 0 Å². The molecule has 0 saturated heterocycles. The van der Waals surface area contributed by atoms with Gasteiger partial charge in [-0.25, -0.2) is 4.79 Å². The first-order valence-corrected chi connectivity index (χ1v) is 16.5. The van der Waals surface area contributed by atoms with Crippen LogP contribution in [0.5, 0.6) is 5.75 Å². The molecule has 0 aromatic heterocycles. The molecule has 228 valence electrons. The van der Waals surface area contributed by atoms with E-state index in [1.165, 1.54) is 76.2 Å². The summed E-state index contributed by atoms with van der Waals surface area (Å²) in [6.07, 6.45) is 18.0. The fraction of sp³-hybridized carbons (Fsp3) is 0.545. The summed E-state index contributed by atoms with van der Waals surface area (Å²) in [5, 5.41) is 5.46. The summed E-state index contributed by atoms with van der Waals surface area (Å²) in [5.74, 6) is 1.69. The predicted octanol–water partition coefficient (Wildman–Crippen LogP) is 10.3. The number of halogens is 2. The molecule has 1 heterocycles. The van der Waals surface area contributed by atoms with Crippen molar-refractivity contribution in [3.8, 4) is 5.75 Å². The molecular weight excluding hydrogens is 618 g/mol. The van der Waals surface area contributed by atoms with Crippen LogP contribution < -0.4 is 15.0 Å². The van der Waals surface area contributed by atoms with Crippen molar-refractivity contribution >= 4 is 52.1 Å². The van der Waals surface area contributed by atoms with Crippen LogP contribution in [0.15, 0.2) is 54.1 Å². The van der Waals surface area contributed by atoms with Crippen LogP contribution in [0.4, 0.5) is 10.5 Å². The van der Waals surface area contributed by atoms with Gasteiger partial charge in [0.2, 0.25) is 0 Å². The number of benzene rings is 2. The summed E-state index contributed by atoms with van der Waals surface area (Å²) in [5.41, 5.74) is 3.01. The Balaban J connectivity index is 0.00000588. The van der Waals surface area contributed by atoms with Crippen molar-refractivity contribution in [3.63, 3.8) is 0 Å². The van der Waals surface area contributed by atoms with Crippen molar-refractivity contribution in [2.75, 3.05) is 24.4 Å². The molecule has 0 bridgehead atoms.